The molecule has 112 valence electrons. The normalized spacial score (nSPS) is 10.4. The lowest BCUT2D eigenvalue weighted by molar-refractivity contribution is 0.128. The van der Waals surface area contributed by atoms with Gasteiger partial charge in [-0.25, -0.2) is 15.8 Å². The lowest BCUT2D eigenvalue weighted by atomic mass is 10.1. The molecule has 0 spiro atoms. The predicted molar refractivity (Wildman–Crippen MR) is 84.3 cm³/mol. The van der Waals surface area contributed by atoms with Crippen molar-refractivity contribution in [2.24, 2.45) is 5.84 Å². The molecule has 1 heterocycles. The lowest BCUT2D eigenvalue weighted by Gasteiger charge is -2.10. The topological polar surface area (TPSA) is 85.1 Å². The summed E-state index contributed by atoms with van der Waals surface area (Å²) in [7, 11) is 0. The van der Waals surface area contributed by atoms with E-state index in [1.54, 1.807) is 6.07 Å². The highest BCUT2D eigenvalue weighted by Gasteiger charge is 2.05. The van der Waals surface area contributed by atoms with Crippen molar-refractivity contribution in [2.45, 2.75) is 26.9 Å². The first-order valence-electron chi connectivity index (χ1n) is 7.03. The molecular formula is C15H21N5O. The molecule has 0 saturated heterocycles. The summed E-state index contributed by atoms with van der Waals surface area (Å²) in [6.07, 6.45) is 1.02. The van der Waals surface area contributed by atoms with E-state index in [9.17, 15) is 0 Å². The number of hydrogen-bond donors (Lipinski definition) is 3. The molecule has 2 aromatic rings. The molecule has 0 aliphatic rings. The van der Waals surface area contributed by atoms with E-state index in [0.717, 1.165) is 12.1 Å². The molecule has 0 radical (unpaired) electrons. The van der Waals surface area contributed by atoms with E-state index in [0.29, 0.717) is 30.7 Å². The van der Waals surface area contributed by atoms with E-state index in [1.807, 2.05) is 19.1 Å². The third kappa shape index (κ3) is 4.40. The van der Waals surface area contributed by atoms with Gasteiger partial charge in [0, 0.05) is 18.4 Å². The van der Waals surface area contributed by atoms with Gasteiger partial charge in [0.2, 0.25) is 0 Å². The highest BCUT2D eigenvalue weighted by atomic mass is 16.5. The van der Waals surface area contributed by atoms with Crippen molar-refractivity contribution < 1.29 is 4.74 Å². The number of ether oxygens (including phenoxy) is 1. The Morgan fingerprint density at radius 3 is 2.43 bits per heavy atom. The van der Waals surface area contributed by atoms with Gasteiger partial charge in [-0.15, -0.1) is 0 Å². The molecule has 6 heteroatoms. The van der Waals surface area contributed by atoms with Crippen molar-refractivity contribution in [2.75, 3.05) is 17.3 Å². The summed E-state index contributed by atoms with van der Waals surface area (Å²) in [6.45, 7) is 5.03. The van der Waals surface area contributed by atoms with E-state index < -0.39 is 0 Å². The zero-order valence-electron chi connectivity index (χ0n) is 12.4. The average Bonchev–Trinajstić information content (AvgIpc) is 2.53. The first kappa shape index (κ1) is 15.2. The minimum Gasteiger partial charge on any atom is -0.374 e. The van der Waals surface area contributed by atoms with Crippen LogP contribution in [0.1, 0.15) is 25.2 Å². The molecule has 0 bridgehead atoms. The molecule has 0 aliphatic heterocycles. The monoisotopic (exact) mass is 287 g/mol. The Morgan fingerprint density at radius 1 is 1.10 bits per heavy atom. The first-order valence-corrected chi connectivity index (χ1v) is 7.03. The molecule has 0 amide bonds. The van der Waals surface area contributed by atoms with Crippen LogP contribution >= 0.6 is 0 Å². The quantitative estimate of drug-likeness (QED) is 0.536. The summed E-state index contributed by atoms with van der Waals surface area (Å²) in [4.78, 5) is 8.66. The second-order valence-electron chi connectivity index (χ2n) is 4.51. The molecule has 0 unspecified atom stereocenters. The first-order chi connectivity index (χ1) is 10.2. The van der Waals surface area contributed by atoms with Gasteiger partial charge < -0.3 is 15.5 Å². The van der Waals surface area contributed by atoms with Crippen LogP contribution in [0.15, 0.2) is 30.3 Å². The van der Waals surface area contributed by atoms with Crippen LogP contribution in [0.3, 0.4) is 0 Å². The summed E-state index contributed by atoms with van der Waals surface area (Å²) < 4.78 is 5.33. The van der Waals surface area contributed by atoms with E-state index in [2.05, 4.69) is 39.8 Å². The Morgan fingerprint density at radius 2 is 1.81 bits per heavy atom. The van der Waals surface area contributed by atoms with Crippen LogP contribution in [0.5, 0.6) is 0 Å². The number of hydrazine groups is 1. The van der Waals surface area contributed by atoms with Crippen molar-refractivity contribution in [1.82, 2.24) is 9.97 Å². The molecule has 4 N–H and O–H groups in total. The minimum absolute atomic E-state index is 0.357. The zero-order valence-corrected chi connectivity index (χ0v) is 12.4. The maximum absolute atomic E-state index is 5.44. The second-order valence-corrected chi connectivity index (χ2v) is 4.51. The maximum atomic E-state index is 5.44. The van der Waals surface area contributed by atoms with Gasteiger partial charge in [-0.05, 0) is 31.0 Å². The summed E-state index contributed by atoms with van der Waals surface area (Å²) in [5.74, 6) is 7.25. The smallest absolute Gasteiger partial charge is 0.158 e. The fourth-order valence-corrected chi connectivity index (χ4v) is 1.86. The third-order valence-electron chi connectivity index (χ3n) is 2.99. The number of benzene rings is 1. The SMILES string of the molecule is CCOCc1nc(NN)cc(Nc2ccc(CC)cc2)n1. The third-order valence-corrected chi connectivity index (χ3v) is 2.99. The van der Waals surface area contributed by atoms with Crippen LogP contribution < -0.4 is 16.6 Å². The number of nitrogens with two attached hydrogens (primary N) is 1. The van der Waals surface area contributed by atoms with Crippen molar-refractivity contribution in [1.29, 1.82) is 0 Å². The van der Waals surface area contributed by atoms with Gasteiger partial charge in [0.05, 0.1) is 0 Å². The van der Waals surface area contributed by atoms with E-state index in [4.69, 9.17) is 10.6 Å². The van der Waals surface area contributed by atoms with Crippen LogP contribution in [-0.4, -0.2) is 16.6 Å². The van der Waals surface area contributed by atoms with Crippen molar-refractivity contribution in [3.8, 4) is 0 Å². The van der Waals surface area contributed by atoms with Crippen LogP contribution in [0, 0.1) is 0 Å². The molecule has 2 rings (SSSR count). The molecule has 0 saturated carbocycles. The molecule has 1 aromatic carbocycles. The number of rotatable bonds is 7. The maximum Gasteiger partial charge on any atom is 0.158 e. The Bertz CT molecular complexity index is 571. The summed E-state index contributed by atoms with van der Waals surface area (Å²) in [5.41, 5.74) is 4.81. The standard InChI is InChI=1S/C15H21N5O/c1-3-11-5-7-12(8-6-11)17-13-9-14(20-16)19-15(18-13)10-21-4-2/h5-9H,3-4,10,16H2,1-2H3,(H2,17,18,19,20). The fourth-order valence-electron chi connectivity index (χ4n) is 1.86. The van der Waals surface area contributed by atoms with Crippen LogP contribution in [-0.2, 0) is 17.8 Å². The van der Waals surface area contributed by atoms with Crippen molar-refractivity contribution in [3.05, 3.63) is 41.7 Å². The minimum atomic E-state index is 0.357. The number of anilines is 3. The Balaban J connectivity index is 2.16. The summed E-state index contributed by atoms with van der Waals surface area (Å²) in [6, 6.07) is 9.99. The van der Waals surface area contributed by atoms with Crippen molar-refractivity contribution >= 4 is 17.3 Å². The van der Waals surface area contributed by atoms with Crippen LogP contribution in [0.2, 0.25) is 0 Å². The molecule has 6 nitrogen and oxygen atoms in total. The lowest BCUT2D eigenvalue weighted by Crippen LogP contribution is -2.12. The molecule has 0 atom stereocenters. The number of nitrogens with one attached hydrogen (secondary N) is 2. The Hall–Kier alpha value is -2.18. The molecule has 1 aromatic heterocycles. The van der Waals surface area contributed by atoms with Crippen LogP contribution in [0.25, 0.3) is 0 Å². The number of aryl methyl sites for hydroxylation is 1. The van der Waals surface area contributed by atoms with E-state index in [1.165, 1.54) is 5.56 Å². The van der Waals surface area contributed by atoms with Gasteiger partial charge in [-0.1, -0.05) is 19.1 Å². The van der Waals surface area contributed by atoms with Gasteiger partial charge in [-0.3, -0.25) is 0 Å². The summed E-state index contributed by atoms with van der Waals surface area (Å²) >= 11 is 0. The zero-order chi connectivity index (χ0) is 15.1. The van der Waals surface area contributed by atoms with Gasteiger partial charge in [0.15, 0.2) is 5.82 Å². The predicted octanol–water partition coefficient (Wildman–Crippen LogP) is 2.60. The van der Waals surface area contributed by atoms with Crippen LogP contribution in [0.4, 0.5) is 17.3 Å². The van der Waals surface area contributed by atoms with E-state index in [-0.39, 0.29) is 0 Å². The molecule has 0 aliphatic carbocycles. The average molecular weight is 287 g/mol. The fraction of sp³-hybridized carbons (Fsp3) is 0.333. The van der Waals surface area contributed by atoms with Gasteiger partial charge in [0.1, 0.15) is 18.2 Å². The number of nitrogens with zero attached hydrogens (tertiary/aromatic N) is 2. The summed E-state index contributed by atoms with van der Waals surface area (Å²) in [5, 5.41) is 3.24. The largest absolute Gasteiger partial charge is 0.374 e. The van der Waals surface area contributed by atoms with Gasteiger partial charge in [-0.2, -0.15) is 0 Å². The molecular weight excluding hydrogens is 266 g/mol. The van der Waals surface area contributed by atoms with E-state index >= 15 is 0 Å². The second kappa shape index (κ2) is 7.56. The number of nitrogen functional groups attached to an aromatic ring is 1. The Kier molecular flexibility index (Phi) is 5.48. The number of hydrogen-bond acceptors (Lipinski definition) is 6. The highest BCUT2D eigenvalue weighted by Crippen LogP contribution is 2.18. The highest BCUT2D eigenvalue weighted by molar-refractivity contribution is 5.59. The Labute approximate surface area is 124 Å². The number of aromatic nitrogens is 2. The van der Waals surface area contributed by atoms with Gasteiger partial charge >= 0.3 is 0 Å². The molecule has 0 fully saturated rings. The van der Waals surface area contributed by atoms with Gasteiger partial charge in [0.25, 0.3) is 0 Å². The van der Waals surface area contributed by atoms with Crippen molar-refractivity contribution in [3.63, 3.8) is 0 Å². The molecule has 21 heavy (non-hydrogen) atoms.